The fraction of sp³-hybridized carbons (Fsp3) is 0.571. The molecule has 3 heteroatoms. The van der Waals surface area contributed by atoms with Crippen LogP contribution in [0.25, 0.3) is 0 Å². The third kappa shape index (κ3) is 4.73. The number of hydrogen-bond acceptors (Lipinski definition) is 2. The smallest absolute Gasteiger partial charge is 0.131 e. The van der Waals surface area contributed by atoms with E-state index in [0.717, 1.165) is 12.1 Å². The Morgan fingerprint density at radius 2 is 2.06 bits per heavy atom. The van der Waals surface area contributed by atoms with Crippen LogP contribution < -0.4 is 4.74 Å². The van der Waals surface area contributed by atoms with Crippen LogP contribution in [0.4, 0.5) is 4.39 Å². The van der Waals surface area contributed by atoms with Gasteiger partial charge in [-0.1, -0.05) is 25.8 Å². The van der Waals surface area contributed by atoms with Gasteiger partial charge >= 0.3 is 0 Å². The molecule has 0 radical (unpaired) electrons. The first-order valence-electron chi connectivity index (χ1n) is 6.18. The van der Waals surface area contributed by atoms with Crippen LogP contribution in [0.3, 0.4) is 0 Å². The molecule has 1 aromatic rings. The van der Waals surface area contributed by atoms with E-state index in [1.807, 2.05) is 7.05 Å². The van der Waals surface area contributed by atoms with Crippen molar-refractivity contribution in [3.8, 4) is 5.75 Å². The van der Waals surface area contributed by atoms with Crippen LogP contribution in [0.2, 0.25) is 0 Å². The summed E-state index contributed by atoms with van der Waals surface area (Å²) in [5.74, 6) is 0.381. The summed E-state index contributed by atoms with van der Waals surface area (Å²) in [5.41, 5.74) is 0.727. The SMILES string of the molecule is CCCCCN(C)Cc1ccc(OC)cc1F. The Kier molecular flexibility index (Phi) is 5.98. The number of nitrogens with zero attached hydrogens (tertiary/aromatic N) is 1. The Morgan fingerprint density at radius 3 is 2.65 bits per heavy atom. The molecule has 0 aliphatic carbocycles. The average molecular weight is 239 g/mol. The molecule has 0 heterocycles. The van der Waals surface area contributed by atoms with Gasteiger partial charge in [-0.25, -0.2) is 4.39 Å². The number of hydrogen-bond donors (Lipinski definition) is 0. The summed E-state index contributed by atoms with van der Waals surface area (Å²) in [7, 11) is 3.57. The van der Waals surface area contributed by atoms with Gasteiger partial charge < -0.3 is 9.64 Å². The van der Waals surface area contributed by atoms with Crippen molar-refractivity contribution in [2.45, 2.75) is 32.7 Å². The van der Waals surface area contributed by atoms with Gasteiger partial charge in [0.15, 0.2) is 0 Å². The average Bonchev–Trinajstić information content (AvgIpc) is 2.32. The fourth-order valence-electron chi connectivity index (χ4n) is 1.78. The maximum Gasteiger partial charge on any atom is 0.131 e. The first-order valence-corrected chi connectivity index (χ1v) is 6.18. The van der Waals surface area contributed by atoms with Gasteiger partial charge in [0, 0.05) is 18.2 Å². The van der Waals surface area contributed by atoms with E-state index in [2.05, 4.69) is 11.8 Å². The lowest BCUT2D eigenvalue weighted by Crippen LogP contribution is -2.19. The highest BCUT2D eigenvalue weighted by atomic mass is 19.1. The summed E-state index contributed by atoms with van der Waals surface area (Å²) in [4.78, 5) is 2.15. The van der Waals surface area contributed by atoms with Gasteiger partial charge in [-0.3, -0.25) is 0 Å². The van der Waals surface area contributed by atoms with Crippen LogP contribution in [0, 0.1) is 5.82 Å². The quantitative estimate of drug-likeness (QED) is 0.676. The zero-order valence-electron chi connectivity index (χ0n) is 11.0. The number of unbranched alkanes of at least 4 members (excludes halogenated alkanes) is 2. The predicted molar refractivity (Wildman–Crippen MR) is 68.8 cm³/mol. The monoisotopic (exact) mass is 239 g/mol. The van der Waals surface area contributed by atoms with Gasteiger partial charge in [0.25, 0.3) is 0 Å². The number of ether oxygens (including phenoxy) is 1. The minimum Gasteiger partial charge on any atom is -0.497 e. The van der Waals surface area contributed by atoms with Crippen molar-refractivity contribution < 1.29 is 9.13 Å². The standard InChI is InChI=1S/C14H22FNO/c1-4-5-6-9-16(2)11-12-7-8-13(17-3)10-14(12)15/h7-8,10H,4-6,9,11H2,1-3H3. The van der Waals surface area contributed by atoms with Crippen LogP contribution in [0.15, 0.2) is 18.2 Å². The molecule has 1 aromatic carbocycles. The zero-order valence-corrected chi connectivity index (χ0v) is 11.0. The van der Waals surface area contributed by atoms with Crippen LogP contribution in [0.5, 0.6) is 5.75 Å². The Bertz CT molecular complexity index is 341. The second kappa shape index (κ2) is 7.28. The van der Waals surface area contributed by atoms with E-state index in [0.29, 0.717) is 12.3 Å². The first kappa shape index (κ1) is 14.0. The van der Waals surface area contributed by atoms with E-state index in [-0.39, 0.29) is 5.82 Å². The van der Waals surface area contributed by atoms with E-state index in [9.17, 15) is 4.39 Å². The van der Waals surface area contributed by atoms with Gasteiger partial charge in [0.2, 0.25) is 0 Å². The first-order chi connectivity index (χ1) is 8.17. The van der Waals surface area contributed by atoms with Gasteiger partial charge in [0.1, 0.15) is 11.6 Å². The largest absolute Gasteiger partial charge is 0.497 e. The highest BCUT2D eigenvalue weighted by Gasteiger charge is 2.06. The van der Waals surface area contributed by atoms with E-state index < -0.39 is 0 Å². The highest BCUT2D eigenvalue weighted by molar-refractivity contribution is 5.28. The molecular weight excluding hydrogens is 217 g/mol. The summed E-state index contributed by atoms with van der Waals surface area (Å²) < 4.78 is 18.7. The Labute approximate surface area is 103 Å². The number of benzene rings is 1. The molecule has 0 aliphatic rings. The summed E-state index contributed by atoms with van der Waals surface area (Å²) in [6, 6.07) is 5.04. The fourth-order valence-corrected chi connectivity index (χ4v) is 1.78. The summed E-state index contributed by atoms with van der Waals surface area (Å²) in [6.07, 6.45) is 3.62. The van der Waals surface area contributed by atoms with Crippen molar-refractivity contribution in [1.82, 2.24) is 4.90 Å². The van der Waals surface area contributed by atoms with Crippen molar-refractivity contribution >= 4 is 0 Å². The van der Waals surface area contributed by atoms with Gasteiger partial charge in [-0.2, -0.15) is 0 Å². The van der Waals surface area contributed by atoms with E-state index in [1.165, 1.54) is 25.3 Å². The molecule has 0 saturated carbocycles. The molecule has 2 nitrogen and oxygen atoms in total. The maximum atomic E-state index is 13.7. The molecule has 0 saturated heterocycles. The van der Waals surface area contributed by atoms with Crippen LogP contribution >= 0.6 is 0 Å². The Hall–Kier alpha value is -1.09. The van der Waals surface area contributed by atoms with Gasteiger partial charge in [-0.15, -0.1) is 0 Å². The molecule has 0 spiro atoms. The highest BCUT2D eigenvalue weighted by Crippen LogP contribution is 2.17. The number of rotatable bonds is 7. The third-order valence-corrected chi connectivity index (χ3v) is 2.84. The van der Waals surface area contributed by atoms with Crippen molar-refractivity contribution in [2.75, 3.05) is 20.7 Å². The number of methoxy groups -OCH3 is 1. The second-order valence-corrected chi connectivity index (χ2v) is 4.40. The van der Waals surface area contributed by atoms with Crippen molar-refractivity contribution in [3.05, 3.63) is 29.6 Å². The molecule has 96 valence electrons. The lowest BCUT2D eigenvalue weighted by molar-refractivity contribution is 0.312. The van der Waals surface area contributed by atoms with Crippen LogP contribution in [-0.2, 0) is 6.54 Å². The topological polar surface area (TPSA) is 12.5 Å². The van der Waals surface area contributed by atoms with Gasteiger partial charge in [0.05, 0.1) is 7.11 Å². The molecule has 0 fully saturated rings. The van der Waals surface area contributed by atoms with Crippen molar-refractivity contribution in [3.63, 3.8) is 0 Å². The van der Waals surface area contributed by atoms with Crippen LogP contribution in [-0.4, -0.2) is 25.6 Å². The maximum absolute atomic E-state index is 13.7. The Morgan fingerprint density at radius 1 is 1.29 bits per heavy atom. The van der Waals surface area contributed by atoms with E-state index in [4.69, 9.17) is 4.74 Å². The molecule has 1 rings (SSSR count). The number of halogens is 1. The lowest BCUT2D eigenvalue weighted by Gasteiger charge is -2.17. The Balaban J connectivity index is 2.50. The minimum absolute atomic E-state index is 0.188. The second-order valence-electron chi connectivity index (χ2n) is 4.40. The van der Waals surface area contributed by atoms with E-state index >= 15 is 0 Å². The normalized spacial score (nSPS) is 10.9. The molecule has 0 bridgehead atoms. The molecule has 0 unspecified atom stereocenters. The van der Waals surface area contributed by atoms with Crippen molar-refractivity contribution in [1.29, 1.82) is 0 Å². The lowest BCUT2D eigenvalue weighted by atomic mass is 10.2. The molecule has 0 aromatic heterocycles. The molecule has 0 amide bonds. The third-order valence-electron chi connectivity index (χ3n) is 2.84. The summed E-state index contributed by atoms with van der Waals surface area (Å²) in [6.45, 7) is 3.85. The predicted octanol–water partition coefficient (Wildman–Crippen LogP) is 3.46. The molecule has 0 atom stereocenters. The minimum atomic E-state index is -0.188. The van der Waals surface area contributed by atoms with Crippen molar-refractivity contribution in [2.24, 2.45) is 0 Å². The molecule has 0 N–H and O–H groups in total. The molecular formula is C14H22FNO. The molecule has 0 aliphatic heterocycles. The van der Waals surface area contributed by atoms with E-state index in [1.54, 1.807) is 19.2 Å². The summed E-state index contributed by atoms with van der Waals surface area (Å²) in [5, 5.41) is 0. The molecule has 17 heavy (non-hydrogen) atoms. The van der Waals surface area contributed by atoms with Gasteiger partial charge in [-0.05, 0) is 26.1 Å². The zero-order chi connectivity index (χ0) is 12.7. The summed E-state index contributed by atoms with van der Waals surface area (Å²) >= 11 is 0. The van der Waals surface area contributed by atoms with Crippen LogP contribution in [0.1, 0.15) is 31.7 Å².